The van der Waals surface area contributed by atoms with Crippen molar-refractivity contribution in [2.45, 2.75) is 51.6 Å². The first-order chi connectivity index (χ1) is 10.6. The Balaban J connectivity index is 1.78. The van der Waals surface area contributed by atoms with Gasteiger partial charge in [0.25, 0.3) is 0 Å². The van der Waals surface area contributed by atoms with Gasteiger partial charge in [-0.25, -0.2) is 4.39 Å². The Morgan fingerprint density at radius 2 is 2.23 bits per heavy atom. The quantitative estimate of drug-likeness (QED) is 0.854. The summed E-state index contributed by atoms with van der Waals surface area (Å²) in [5.41, 5.74) is 0.982. The van der Waals surface area contributed by atoms with Gasteiger partial charge in [-0.3, -0.25) is 4.90 Å². The van der Waals surface area contributed by atoms with E-state index in [0.717, 1.165) is 37.2 Å². The van der Waals surface area contributed by atoms with Crippen molar-refractivity contribution in [1.29, 1.82) is 0 Å². The first-order valence-electron chi connectivity index (χ1n) is 7.95. The Morgan fingerprint density at radius 3 is 2.95 bits per heavy atom. The summed E-state index contributed by atoms with van der Waals surface area (Å²) in [5.74, 6) is 1.52. The van der Waals surface area contributed by atoms with Crippen LogP contribution in [0.15, 0.2) is 28.8 Å². The van der Waals surface area contributed by atoms with Crippen LogP contribution in [-0.2, 0) is 6.54 Å². The number of aromatic nitrogens is 2. The van der Waals surface area contributed by atoms with Crippen molar-refractivity contribution >= 4 is 0 Å². The number of halogens is 1. The lowest BCUT2D eigenvalue weighted by atomic mass is 10.0. The van der Waals surface area contributed by atoms with Gasteiger partial charge < -0.3 is 4.52 Å². The van der Waals surface area contributed by atoms with E-state index >= 15 is 0 Å². The molecule has 0 radical (unpaired) electrons. The highest BCUT2D eigenvalue weighted by Gasteiger charge is 2.29. The molecule has 0 unspecified atom stereocenters. The molecule has 2 heterocycles. The minimum atomic E-state index is -0.189. The van der Waals surface area contributed by atoms with E-state index in [0.29, 0.717) is 12.4 Å². The van der Waals surface area contributed by atoms with Crippen molar-refractivity contribution in [2.24, 2.45) is 0 Å². The highest BCUT2D eigenvalue weighted by atomic mass is 19.1. The van der Waals surface area contributed by atoms with Crippen LogP contribution in [0.5, 0.6) is 0 Å². The van der Waals surface area contributed by atoms with Gasteiger partial charge in [0, 0.05) is 12.5 Å². The van der Waals surface area contributed by atoms with Gasteiger partial charge in [0.05, 0.1) is 6.04 Å². The average Bonchev–Trinajstić information content (AvgIpc) is 2.98. The average molecular weight is 303 g/mol. The Morgan fingerprint density at radius 1 is 1.36 bits per heavy atom. The van der Waals surface area contributed by atoms with Crippen LogP contribution in [0, 0.1) is 5.82 Å². The largest absolute Gasteiger partial charge is 0.338 e. The number of hydrogen-bond acceptors (Lipinski definition) is 4. The summed E-state index contributed by atoms with van der Waals surface area (Å²) in [5, 5.41) is 4.07. The summed E-state index contributed by atoms with van der Waals surface area (Å²) in [7, 11) is 0. The fourth-order valence-electron chi connectivity index (χ4n) is 2.95. The predicted molar refractivity (Wildman–Crippen MR) is 81.8 cm³/mol. The fourth-order valence-corrected chi connectivity index (χ4v) is 2.95. The molecule has 0 saturated carbocycles. The molecule has 1 aliphatic rings. The number of hydrogen-bond donors (Lipinski definition) is 0. The molecule has 1 saturated heterocycles. The number of rotatable bonds is 4. The van der Waals surface area contributed by atoms with Gasteiger partial charge in [-0.1, -0.05) is 37.6 Å². The number of piperidine rings is 1. The third-order valence-electron chi connectivity index (χ3n) is 4.15. The zero-order valence-electron chi connectivity index (χ0n) is 13.1. The second-order valence-electron chi connectivity index (χ2n) is 6.26. The molecule has 5 heteroatoms. The summed E-state index contributed by atoms with van der Waals surface area (Å²) in [6.07, 6.45) is 3.32. The van der Waals surface area contributed by atoms with Crippen LogP contribution in [0.2, 0.25) is 0 Å². The molecule has 0 N–H and O–H groups in total. The van der Waals surface area contributed by atoms with Crippen LogP contribution >= 0.6 is 0 Å². The van der Waals surface area contributed by atoms with Gasteiger partial charge in [-0.15, -0.1) is 0 Å². The lowest BCUT2D eigenvalue weighted by molar-refractivity contribution is 0.111. The second-order valence-corrected chi connectivity index (χ2v) is 6.26. The lowest BCUT2D eigenvalue weighted by Crippen LogP contribution is -2.33. The molecule has 1 aromatic carbocycles. The van der Waals surface area contributed by atoms with Crippen molar-refractivity contribution in [3.63, 3.8) is 0 Å². The summed E-state index contributed by atoms with van der Waals surface area (Å²) < 4.78 is 18.9. The third-order valence-corrected chi connectivity index (χ3v) is 4.15. The van der Waals surface area contributed by atoms with E-state index < -0.39 is 0 Å². The van der Waals surface area contributed by atoms with Gasteiger partial charge in [-0.2, -0.15) is 4.98 Å². The number of benzene rings is 1. The molecular formula is C17H22FN3O. The normalized spacial score (nSPS) is 19.7. The van der Waals surface area contributed by atoms with E-state index in [9.17, 15) is 4.39 Å². The minimum Gasteiger partial charge on any atom is -0.338 e. The summed E-state index contributed by atoms with van der Waals surface area (Å²) in [6, 6.07) is 6.93. The lowest BCUT2D eigenvalue weighted by Gasteiger charge is -2.33. The maximum Gasteiger partial charge on any atom is 0.244 e. The van der Waals surface area contributed by atoms with E-state index in [2.05, 4.69) is 28.9 Å². The maximum absolute atomic E-state index is 13.4. The first kappa shape index (κ1) is 15.2. The smallest absolute Gasteiger partial charge is 0.244 e. The molecule has 0 spiro atoms. The molecule has 1 aliphatic heterocycles. The molecule has 1 atom stereocenters. The monoisotopic (exact) mass is 303 g/mol. The Kier molecular flexibility index (Phi) is 4.52. The zero-order chi connectivity index (χ0) is 15.5. The third kappa shape index (κ3) is 3.35. The van der Waals surface area contributed by atoms with Gasteiger partial charge in [0.15, 0.2) is 5.82 Å². The van der Waals surface area contributed by atoms with Crippen LogP contribution < -0.4 is 0 Å². The molecule has 2 aromatic rings. The summed E-state index contributed by atoms with van der Waals surface area (Å²) in [6.45, 7) is 5.79. The summed E-state index contributed by atoms with van der Waals surface area (Å²) in [4.78, 5) is 6.86. The Hall–Kier alpha value is -1.75. The van der Waals surface area contributed by atoms with E-state index in [4.69, 9.17) is 4.52 Å². The molecule has 0 bridgehead atoms. The minimum absolute atomic E-state index is 0.136. The maximum atomic E-state index is 13.4. The molecule has 3 rings (SSSR count). The Bertz CT molecular complexity index is 626. The van der Waals surface area contributed by atoms with Crippen LogP contribution in [0.3, 0.4) is 0 Å². The van der Waals surface area contributed by atoms with E-state index in [1.165, 1.54) is 6.07 Å². The van der Waals surface area contributed by atoms with Gasteiger partial charge in [0.2, 0.25) is 5.89 Å². The molecule has 22 heavy (non-hydrogen) atoms. The molecular weight excluding hydrogens is 281 g/mol. The molecule has 1 aromatic heterocycles. The van der Waals surface area contributed by atoms with Crippen LogP contribution in [-0.4, -0.2) is 21.6 Å². The van der Waals surface area contributed by atoms with Crippen molar-refractivity contribution in [3.8, 4) is 0 Å². The SMILES string of the molecule is CC(C)c1noc([C@@H]2CCCCN2Cc2cccc(F)c2)n1. The van der Waals surface area contributed by atoms with Crippen LogP contribution in [0.25, 0.3) is 0 Å². The highest BCUT2D eigenvalue weighted by molar-refractivity contribution is 5.16. The standard InChI is InChI=1S/C17H22FN3O/c1-12(2)16-19-17(22-20-16)15-8-3-4-9-21(15)11-13-6-5-7-14(18)10-13/h5-7,10,12,15H,3-4,8-9,11H2,1-2H3/t15-/m0/s1. The Labute approximate surface area is 130 Å². The van der Waals surface area contributed by atoms with Gasteiger partial charge in [-0.05, 0) is 37.1 Å². The molecule has 4 nitrogen and oxygen atoms in total. The number of likely N-dealkylation sites (tertiary alicyclic amines) is 1. The van der Waals surface area contributed by atoms with E-state index in [1.54, 1.807) is 12.1 Å². The van der Waals surface area contributed by atoms with Crippen molar-refractivity contribution in [1.82, 2.24) is 15.0 Å². The topological polar surface area (TPSA) is 42.2 Å². The molecule has 1 fully saturated rings. The van der Waals surface area contributed by atoms with Crippen molar-refractivity contribution in [2.75, 3.05) is 6.54 Å². The molecule has 0 aliphatic carbocycles. The summed E-state index contributed by atoms with van der Waals surface area (Å²) >= 11 is 0. The molecule has 118 valence electrons. The van der Waals surface area contributed by atoms with Gasteiger partial charge >= 0.3 is 0 Å². The second kappa shape index (κ2) is 6.57. The zero-order valence-corrected chi connectivity index (χ0v) is 13.1. The van der Waals surface area contributed by atoms with Crippen molar-refractivity contribution < 1.29 is 8.91 Å². The molecule has 0 amide bonds. The van der Waals surface area contributed by atoms with Crippen LogP contribution in [0.4, 0.5) is 4.39 Å². The van der Waals surface area contributed by atoms with Gasteiger partial charge in [0.1, 0.15) is 5.82 Å². The van der Waals surface area contributed by atoms with Crippen molar-refractivity contribution in [3.05, 3.63) is 47.4 Å². The fraction of sp³-hybridized carbons (Fsp3) is 0.529. The van der Waals surface area contributed by atoms with Crippen LogP contribution in [0.1, 0.15) is 62.3 Å². The first-order valence-corrected chi connectivity index (χ1v) is 7.95. The van der Waals surface area contributed by atoms with E-state index in [1.807, 2.05) is 6.07 Å². The highest BCUT2D eigenvalue weighted by Crippen LogP contribution is 2.31. The number of nitrogens with zero attached hydrogens (tertiary/aromatic N) is 3. The van der Waals surface area contributed by atoms with E-state index in [-0.39, 0.29) is 17.8 Å². The predicted octanol–water partition coefficient (Wildman–Crippen LogP) is 4.06.